The molecule has 27 heavy (non-hydrogen) atoms. The minimum atomic E-state index is -0.903. The largest absolute Gasteiger partial charge is 0.451 e. The van der Waals surface area contributed by atoms with Crippen molar-refractivity contribution in [3.63, 3.8) is 0 Å². The van der Waals surface area contributed by atoms with Crippen LogP contribution in [0.15, 0.2) is 48.5 Å². The molecule has 0 aliphatic heterocycles. The third kappa shape index (κ3) is 3.41. The van der Waals surface area contributed by atoms with Crippen molar-refractivity contribution in [1.29, 1.82) is 0 Å². The first kappa shape index (κ1) is 17.6. The molecule has 2 aromatic heterocycles. The summed E-state index contributed by atoms with van der Waals surface area (Å²) in [6, 6.07) is 12.8. The molecule has 0 aliphatic carbocycles. The van der Waals surface area contributed by atoms with Crippen LogP contribution >= 0.6 is 22.7 Å². The minimum Gasteiger partial charge on any atom is -0.451 e. The zero-order valence-corrected chi connectivity index (χ0v) is 15.3. The van der Waals surface area contributed by atoms with E-state index < -0.39 is 35.8 Å². The Bertz CT molecular complexity index is 1160. The maximum Gasteiger partial charge on any atom is 0.348 e. The molecule has 1 N–H and O–H groups in total. The zero-order chi connectivity index (χ0) is 19.0. The molecule has 0 unspecified atom stereocenters. The summed E-state index contributed by atoms with van der Waals surface area (Å²) in [7, 11) is 0. The van der Waals surface area contributed by atoms with Crippen LogP contribution in [0.2, 0.25) is 0 Å². The fourth-order valence-electron chi connectivity index (χ4n) is 2.60. The lowest BCUT2D eigenvalue weighted by Gasteiger charge is -2.07. The number of carbonyl (C=O) groups is 2. The lowest BCUT2D eigenvalue weighted by Crippen LogP contribution is -2.21. The van der Waals surface area contributed by atoms with Crippen LogP contribution in [-0.2, 0) is 9.53 Å². The third-order valence-electron chi connectivity index (χ3n) is 3.81. The van der Waals surface area contributed by atoms with Gasteiger partial charge in [-0.25, -0.2) is 13.6 Å². The number of thiophene rings is 2. The molecule has 0 saturated heterocycles. The first-order valence-corrected chi connectivity index (χ1v) is 9.48. The first-order valence-electron chi connectivity index (χ1n) is 7.85. The summed E-state index contributed by atoms with van der Waals surface area (Å²) in [5, 5.41) is 3.13. The Hall–Kier alpha value is -2.84. The van der Waals surface area contributed by atoms with E-state index in [0.717, 1.165) is 31.6 Å². The number of benzene rings is 2. The van der Waals surface area contributed by atoms with Gasteiger partial charge < -0.3 is 10.1 Å². The van der Waals surface area contributed by atoms with Crippen molar-refractivity contribution in [2.45, 2.75) is 0 Å². The van der Waals surface area contributed by atoms with Gasteiger partial charge in [0.15, 0.2) is 6.61 Å². The Balaban J connectivity index is 1.44. The molecular weight excluding hydrogens is 392 g/mol. The van der Waals surface area contributed by atoms with Crippen molar-refractivity contribution < 1.29 is 23.1 Å². The van der Waals surface area contributed by atoms with E-state index in [1.165, 1.54) is 17.4 Å². The fraction of sp³-hybridized carbons (Fsp3) is 0.0526. The number of esters is 1. The quantitative estimate of drug-likeness (QED) is 0.477. The summed E-state index contributed by atoms with van der Waals surface area (Å²) < 4.78 is 35.1. The average molecular weight is 403 g/mol. The van der Waals surface area contributed by atoms with Gasteiger partial charge in [0.2, 0.25) is 0 Å². The number of para-hydroxylation sites is 1. The predicted octanol–water partition coefficient (Wildman–Crippen LogP) is 5.19. The van der Waals surface area contributed by atoms with Crippen LogP contribution < -0.4 is 5.32 Å². The molecular formula is C19H11F2NO3S2. The van der Waals surface area contributed by atoms with E-state index in [4.69, 9.17) is 4.74 Å². The Morgan fingerprint density at radius 3 is 2.48 bits per heavy atom. The standard InChI is InChI=1S/C19H11F2NO3S2/c20-11-5-3-6-12(21)17(11)22-16(23)9-25-19(24)15-8-14-18(27-15)10-4-1-2-7-13(10)26-14/h1-8H,9H2,(H,22,23). The van der Waals surface area contributed by atoms with Crippen molar-refractivity contribution in [1.82, 2.24) is 0 Å². The highest BCUT2D eigenvalue weighted by Gasteiger charge is 2.18. The second-order valence-corrected chi connectivity index (χ2v) is 7.76. The number of hydrogen-bond donors (Lipinski definition) is 1. The van der Waals surface area contributed by atoms with Crippen molar-refractivity contribution in [2.24, 2.45) is 0 Å². The molecule has 0 saturated carbocycles. The number of halogens is 2. The van der Waals surface area contributed by atoms with Gasteiger partial charge in [-0.15, -0.1) is 22.7 Å². The van der Waals surface area contributed by atoms with Gasteiger partial charge in [-0.05, 0) is 24.3 Å². The summed E-state index contributed by atoms with van der Waals surface area (Å²) >= 11 is 2.86. The average Bonchev–Trinajstić information content (AvgIpc) is 3.21. The molecule has 0 aliphatic rings. The summed E-state index contributed by atoms with van der Waals surface area (Å²) in [4.78, 5) is 24.4. The van der Waals surface area contributed by atoms with Gasteiger partial charge in [-0.3, -0.25) is 4.79 Å². The number of rotatable bonds is 4. The molecule has 2 aromatic carbocycles. The van der Waals surface area contributed by atoms with Gasteiger partial charge in [-0.1, -0.05) is 24.3 Å². The second kappa shape index (κ2) is 7.05. The molecule has 136 valence electrons. The van der Waals surface area contributed by atoms with Gasteiger partial charge in [0, 0.05) is 14.8 Å². The molecule has 8 heteroatoms. The van der Waals surface area contributed by atoms with Crippen molar-refractivity contribution in [2.75, 3.05) is 11.9 Å². The van der Waals surface area contributed by atoms with Crippen molar-refractivity contribution >= 4 is 59.7 Å². The van der Waals surface area contributed by atoms with E-state index in [1.54, 1.807) is 17.4 Å². The lowest BCUT2D eigenvalue weighted by molar-refractivity contribution is -0.119. The van der Waals surface area contributed by atoms with Crippen LogP contribution in [0.3, 0.4) is 0 Å². The zero-order valence-electron chi connectivity index (χ0n) is 13.6. The van der Waals surface area contributed by atoms with Gasteiger partial charge in [-0.2, -0.15) is 0 Å². The van der Waals surface area contributed by atoms with E-state index in [2.05, 4.69) is 5.32 Å². The van der Waals surface area contributed by atoms with E-state index >= 15 is 0 Å². The smallest absolute Gasteiger partial charge is 0.348 e. The Morgan fingerprint density at radius 2 is 1.70 bits per heavy atom. The van der Waals surface area contributed by atoms with Gasteiger partial charge in [0.1, 0.15) is 22.2 Å². The molecule has 4 nitrogen and oxygen atoms in total. The Morgan fingerprint density at radius 1 is 0.963 bits per heavy atom. The number of fused-ring (bicyclic) bond motifs is 3. The van der Waals surface area contributed by atoms with Gasteiger partial charge >= 0.3 is 5.97 Å². The van der Waals surface area contributed by atoms with Crippen LogP contribution in [0.4, 0.5) is 14.5 Å². The van der Waals surface area contributed by atoms with Crippen LogP contribution in [-0.4, -0.2) is 18.5 Å². The topological polar surface area (TPSA) is 55.4 Å². The van der Waals surface area contributed by atoms with Crippen LogP contribution in [0.1, 0.15) is 9.67 Å². The van der Waals surface area contributed by atoms with Crippen LogP contribution in [0, 0.1) is 11.6 Å². The highest BCUT2D eigenvalue weighted by molar-refractivity contribution is 7.33. The molecule has 4 aromatic rings. The van der Waals surface area contributed by atoms with Gasteiger partial charge in [0.25, 0.3) is 5.91 Å². The van der Waals surface area contributed by atoms with E-state index in [9.17, 15) is 18.4 Å². The van der Waals surface area contributed by atoms with E-state index in [-0.39, 0.29) is 0 Å². The normalized spacial score (nSPS) is 11.0. The maximum absolute atomic E-state index is 13.5. The van der Waals surface area contributed by atoms with Crippen LogP contribution in [0.5, 0.6) is 0 Å². The number of anilines is 1. The van der Waals surface area contributed by atoms with Crippen molar-refractivity contribution in [3.05, 3.63) is 65.0 Å². The summed E-state index contributed by atoms with van der Waals surface area (Å²) in [6.07, 6.45) is 0. The number of hydrogen-bond acceptors (Lipinski definition) is 5. The number of nitrogens with one attached hydrogen (secondary N) is 1. The number of ether oxygens (including phenoxy) is 1. The molecule has 0 fully saturated rings. The lowest BCUT2D eigenvalue weighted by atomic mass is 10.2. The molecule has 0 spiro atoms. The SMILES string of the molecule is O=C(COC(=O)c1cc2sc3ccccc3c2s1)Nc1c(F)cccc1F. The highest BCUT2D eigenvalue weighted by Crippen LogP contribution is 2.39. The molecule has 0 radical (unpaired) electrons. The highest BCUT2D eigenvalue weighted by atomic mass is 32.1. The Kier molecular flexibility index (Phi) is 4.59. The van der Waals surface area contributed by atoms with Crippen LogP contribution in [0.25, 0.3) is 19.5 Å². The molecule has 1 amide bonds. The summed E-state index contributed by atoms with van der Waals surface area (Å²) in [5.74, 6) is -3.28. The first-order chi connectivity index (χ1) is 13.0. The summed E-state index contributed by atoms with van der Waals surface area (Å²) in [5.41, 5.74) is -0.568. The van der Waals surface area contributed by atoms with E-state index in [1.807, 2.05) is 24.3 Å². The fourth-order valence-corrected chi connectivity index (χ4v) is 5.01. The second-order valence-electron chi connectivity index (χ2n) is 5.62. The monoisotopic (exact) mass is 403 g/mol. The molecule has 2 heterocycles. The molecule has 0 bridgehead atoms. The third-order valence-corrected chi connectivity index (χ3v) is 6.21. The van der Waals surface area contributed by atoms with E-state index in [0.29, 0.717) is 4.88 Å². The molecule has 4 rings (SSSR count). The molecule has 0 atom stereocenters. The summed E-state index contributed by atoms with van der Waals surface area (Å²) in [6.45, 7) is -0.640. The number of amides is 1. The predicted molar refractivity (Wildman–Crippen MR) is 102 cm³/mol. The Labute approximate surface area is 160 Å². The minimum absolute atomic E-state index is 0.367. The van der Waals surface area contributed by atoms with Gasteiger partial charge in [0.05, 0.1) is 4.70 Å². The maximum atomic E-state index is 13.5. The number of carbonyl (C=O) groups excluding carboxylic acids is 2. The van der Waals surface area contributed by atoms with Crippen molar-refractivity contribution in [3.8, 4) is 0 Å².